The zero-order chi connectivity index (χ0) is 12.4. The van der Waals surface area contributed by atoms with Gasteiger partial charge in [-0.3, -0.25) is 4.79 Å². The van der Waals surface area contributed by atoms with Gasteiger partial charge in [-0.15, -0.1) is 0 Å². The molecule has 0 saturated carbocycles. The van der Waals surface area contributed by atoms with Crippen LogP contribution in [0.2, 0.25) is 0 Å². The number of rotatable bonds is 8. The van der Waals surface area contributed by atoms with Crippen LogP contribution >= 0.6 is 0 Å². The molecule has 6 nitrogen and oxygen atoms in total. The van der Waals surface area contributed by atoms with E-state index in [4.69, 9.17) is 9.84 Å². The van der Waals surface area contributed by atoms with Gasteiger partial charge in [-0.2, -0.15) is 0 Å². The van der Waals surface area contributed by atoms with Gasteiger partial charge in [0.2, 0.25) is 0 Å². The van der Waals surface area contributed by atoms with Crippen molar-refractivity contribution in [1.29, 1.82) is 0 Å². The van der Waals surface area contributed by atoms with E-state index < -0.39 is 18.0 Å². The Morgan fingerprint density at radius 3 is 2.62 bits per heavy atom. The number of nitrogens with one attached hydrogen (secondary N) is 2. The summed E-state index contributed by atoms with van der Waals surface area (Å²) in [7, 11) is 0. The number of carbonyl (C=O) groups excluding carboxylic acids is 1. The predicted octanol–water partition coefficient (Wildman–Crippen LogP) is 0.575. The van der Waals surface area contributed by atoms with Gasteiger partial charge in [-0.25, -0.2) is 4.79 Å². The number of carbonyl (C=O) groups is 2. The molecule has 0 rings (SSSR count). The van der Waals surface area contributed by atoms with Crippen LogP contribution in [-0.2, 0) is 9.53 Å². The number of carboxylic acid groups (broad SMARTS) is 1. The maximum Gasteiger partial charge on any atom is 0.325 e. The summed E-state index contributed by atoms with van der Waals surface area (Å²) >= 11 is 0. The van der Waals surface area contributed by atoms with Gasteiger partial charge in [0.05, 0.1) is 0 Å². The van der Waals surface area contributed by atoms with E-state index in [0.717, 1.165) is 19.4 Å². The first-order valence-electron chi connectivity index (χ1n) is 5.42. The molecule has 0 aromatic carbocycles. The summed E-state index contributed by atoms with van der Waals surface area (Å²) in [6, 6.07) is -1.35. The molecule has 1 atom stereocenters. The zero-order valence-electron chi connectivity index (χ0n) is 9.78. The predicted molar refractivity (Wildman–Crippen MR) is 59.4 cm³/mol. The summed E-state index contributed by atoms with van der Waals surface area (Å²) in [6.45, 7) is 5.23. The monoisotopic (exact) mass is 232 g/mol. The van der Waals surface area contributed by atoms with E-state index in [1.807, 2.05) is 6.92 Å². The van der Waals surface area contributed by atoms with E-state index >= 15 is 0 Å². The molecule has 0 aliphatic heterocycles. The third-order valence-corrected chi connectivity index (χ3v) is 1.82. The number of aliphatic carboxylic acids is 1. The van der Waals surface area contributed by atoms with Crippen molar-refractivity contribution in [2.45, 2.75) is 32.7 Å². The van der Waals surface area contributed by atoms with Crippen LogP contribution in [0.1, 0.15) is 26.7 Å². The topological polar surface area (TPSA) is 87.7 Å². The number of hydrogen-bond acceptors (Lipinski definition) is 3. The van der Waals surface area contributed by atoms with Crippen molar-refractivity contribution in [1.82, 2.24) is 10.6 Å². The molecule has 0 radical (unpaired) electrons. The lowest BCUT2D eigenvalue weighted by Crippen LogP contribution is -2.44. The summed E-state index contributed by atoms with van der Waals surface area (Å²) in [5.41, 5.74) is 0. The van der Waals surface area contributed by atoms with Crippen LogP contribution < -0.4 is 10.6 Å². The molecule has 6 heteroatoms. The Morgan fingerprint density at radius 1 is 1.38 bits per heavy atom. The number of carboxylic acids is 1. The minimum atomic E-state index is -1.05. The fourth-order valence-electron chi connectivity index (χ4n) is 0.932. The Labute approximate surface area is 95.4 Å². The van der Waals surface area contributed by atoms with Crippen LogP contribution in [0.5, 0.6) is 0 Å². The lowest BCUT2D eigenvalue weighted by Gasteiger charge is -2.10. The van der Waals surface area contributed by atoms with Crippen molar-refractivity contribution in [2.75, 3.05) is 19.8 Å². The molecule has 0 spiro atoms. The van der Waals surface area contributed by atoms with Crippen LogP contribution in [-0.4, -0.2) is 42.9 Å². The normalized spacial score (nSPS) is 11.9. The second kappa shape index (κ2) is 8.96. The van der Waals surface area contributed by atoms with Gasteiger partial charge >= 0.3 is 12.0 Å². The summed E-state index contributed by atoms with van der Waals surface area (Å²) < 4.78 is 5.22. The highest BCUT2D eigenvalue weighted by atomic mass is 16.5. The lowest BCUT2D eigenvalue weighted by molar-refractivity contribution is -0.138. The van der Waals surface area contributed by atoms with E-state index in [1.54, 1.807) is 0 Å². The first-order valence-corrected chi connectivity index (χ1v) is 5.42. The second-order valence-corrected chi connectivity index (χ2v) is 3.43. The van der Waals surface area contributed by atoms with Gasteiger partial charge in [-0.1, -0.05) is 6.92 Å². The third-order valence-electron chi connectivity index (χ3n) is 1.82. The van der Waals surface area contributed by atoms with Gasteiger partial charge in [-0.05, 0) is 19.8 Å². The maximum atomic E-state index is 11.1. The van der Waals surface area contributed by atoms with Crippen molar-refractivity contribution >= 4 is 12.0 Å². The fourth-order valence-corrected chi connectivity index (χ4v) is 0.932. The smallest absolute Gasteiger partial charge is 0.325 e. The third kappa shape index (κ3) is 8.05. The molecule has 2 amide bonds. The molecule has 0 aromatic rings. The van der Waals surface area contributed by atoms with Crippen molar-refractivity contribution in [3.8, 4) is 0 Å². The van der Waals surface area contributed by atoms with E-state index in [9.17, 15) is 9.59 Å². The Kier molecular flexibility index (Phi) is 8.24. The molecule has 0 heterocycles. The van der Waals surface area contributed by atoms with Crippen molar-refractivity contribution in [3.63, 3.8) is 0 Å². The van der Waals surface area contributed by atoms with Crippen LogP contribution in [0.15, 0.2) is 0 Å². The van der Waals surface area contributed by atoms with Gasteiger partial charge in [0.15, 0.2) is 0 Å². The lowest BCUT2D eigenvalue weighted by atomic mass is 10.3. The number of urea groups is 1. The maximum absolute atomic E-state index is 11.1. The molecule has 0 aliphatic carbocycles. The van der Waals surface area contributed by atoms with Gasteiger partial charge < -0.3 is 20.5 Å². The van der Waals surface area contributed by atoms with Gasteiger partial charge in [0, 0.05) is 19.8 Å². The van der Waals surface area contributed by atoms with Crippen molar-refractivity contribution in [3.05, 3.63) is 0 Å². The number of hydrogen-bond donors (Lipinski definition) is 3. The van der Waals surface area contributed by atoms with Gasteiger partial charge in [0.1, 0.15) is 6.04 Å². The largest absolute Gasteiger partial charge is 0.480 e. The minimum Gasteiger partial charge on any atom is -0.480 e. The second-order valence-electron chi connectivity index (χ2n) is 3.43. The molecule has 94 valence electrons. The van der Waals surface area contributed by atoms with Crippen molar-refractivity contribution in [2.24, 2.45) is 0 Å². The van der Waals surface area contributed by atoms with Crippen LogP contribution in [0.25, 0.3) is 0 Å². The average Bonchev–Trinajstić information content (AvgIpc) is 2.23. The molecule has 0 aliphatic rings. The Balaban J connectivity index is 3.40. The molecule has 0 saturated heterocycles. The molecule has 16 heavy (non-hydrogen) atoms. The summed E-state index contributed by atoms with van der Waals surface area (Å²) in [4.78, 5) is 21.5. The summed E-state index contributed by atoms with van der Waals surface area (Å²) in [5.74, 6) is -1.05. The zero-order valence-corrected chi connectivity index (χ0v) is 9.78. The molecule has 0 bridgehead atoms. The van der Waals surface area contributed by atoms with E-state index in [-0.39, 0.29) is 0 Å². The first kappa shape index (κ1) is 14.7. The fraction of sp³-hybridized carbons (Fsp3) is 0.800. The van der Waals surface area contributed by atoms with Crippen LogP contribution in [0.4, 0.5) is 4.79 Å². The Morgan fingerprint density at radius 2 is 2.06 bits per heavy atom. The molecule has 0 aromatic heterocycles. The van der Waals surface area contributed by atoms with Crippen LogP contribution in [0, 0.1) is 0 Å². The van der Waals surface area contributed by atoms with Gasteiger partial charge in [0.25, 0.3) is 0 Å². The highest BCUT2D eigenvalue weighted by molar-refractivity contribution is 5.82. The minimum absolute atomic E-state index is 0.467. The summed E-state index contributed by atoms with van der Waals surface area (Å²) in [5, 5.41) is 13.4. The molecule has 0 fully saturated rings. The Hall–Kier alpha value is -1.30. The number of ether oxygens (including phenoxy) is 1. The molecular formula is C10H20N2O4. The van der Waals surface area contributed by atoms with E-state index in [1.165, 1.54) is 6.92 Å². The van der Waals surface area contributed by atoms with Crippen molar-refractivity contribution < 1.29 is 19.4 Å². The van der Waals surface area contributed by atoms with Crippen LogP contribution in [0.3, 0.4) is 0 Å². The van der Waals surface area contributed by atoms with E-state index in [0.29, 0.717) is 13.2 Å². The number of amides is 2. The SMILES string of the molecule is CCCOCCCNC(=O)N[C@@H](C)C(=O)O. The molecule has 3 N–H and O–H groups in total. The first-order chi connectivity index (χ1) is 7.57. The summed E-state index contributed by atoms with van der Waals surface area (Å²) in [6.07, 6.45) is 1.69. The average molecular weight is 232 g/mol. The Bertz CT molecular complexity index is 221. The highest BCUT2D eigenvalue weighted by Gasteiger charge is 2.12. The quantitative estimate of drug-likeness (QED) is 0.534. The molecular weight excluding hydrogens is 212 g/mol. The molecule has 0 unspecified atom stereocenters. The highest BCUT2D eigenvalue weighted by Crippen LogP contribution is 1.85. The van der Waals surface area contributed by atoms with E-state index in [2.05, 4.69) is 10.6 Å². The standard InChI is InChI=1S/C10H20N2O4/c1-3-6-16-7-4-5-11-10(15)12-8(2)9(13)14/h8H,3-7H2,1-2H3,(H,13,14)(H2,11,12,15)/t8-/m0/s1.